The minimum atomic E-state index is -0.423. The van der Waals surface area contributed by atoms with Crippen LogP contribution in [0, 0.1) is 5.92 Å². The van der Waals surface area contributed by atoms with Gasteiger partial charge in [-0.05, 0) is 18.4 Å². The van der Waals surface area contributed by atoms with Gasteiger partial charge in [-0.15, -0.1) is 0 Å². The molecule has 1 aliphatic carbocycles. The van der Waals surface area contributed by atoms with E-state index in [1.807, 2.05) is 30.3 Å². The first kappa shape index (κ1) is 11.9. The molecule has 1 fully saturated rings. The van der Waals surface area contributed by atoms with Gasteiger partial charge in [0.05, 0.1) is 6.10 Å². The van der Waals surface area contributed by atoms with Gasteiger partial charge >= 0.3 is 6.09 Å². The standard InChI is InChI=1S/C13H17NO3/c15-12-7-6-11(12)8-14-13(16)17-9-10-4-2-1-3-5-10/h1-5,11-12,15H,6-9H2,(H,14,16)/t11-,12-/m1/s1. The largest absolute Gasteiger partial charge is 0.445 e. The predicted molar refractivity (Wildman–Crippen MR) is 63.4 cm³/mol. The maximum atomic E-state index is 11.4. The van der Waals surface area contributed by atoms with Gasteiger partial charge in [0, 0.05) is 12.5 Å². The van der Waals surface area contributed by atoms with Crippen molar-refractivity contribution in [2.75, 3.05) is 6.54 Å². The van der Waals surface area contributed by atoms with Gasteiger partial charge in [0.1, 0.15) is 6.61 Å². The zero-order valence-corrected chi connectivity index (χ0v) is 9.63. The Hall–Kier alpha value is -1.55. The molecule has 1 saturated carbocycles. The van der Waals surface area contributed by atoms with Crippen molar-refractivity contribution in [1.29, 1.82) is 0 Å². The van der Waals surface area contributed by atoms with E-state index in [1.165, 1.54) is 0 Å². The van der Waals surface area contributed by atoms with Crippen molar-refractivity contribution in [2.24, 2.45) is 5.92 Å². The third kappa shape index (κ3) is 3.46. The number of aliphatic hydroxyl groups is 1. The Morgan fingerprint density at radius 3 is 2.71 bits per heavy atom. The molecule has 0 bridgehead atoms. The van der Waals surface area contributed by atoms with E-state index in [0.717, 1.165) is 18.4 Å². The lowest BCUT2D eigenvalue weighted by Crippen LogP contribution is -2.41. The Morgan fingerprint density at radius 1 is 1.35 bits per heavy atom. The molecular weight excluding hydrogens is 218 g/mol. The maximum absolute atomic E-state index is 11.4. The van der Waals surface area contributed by atoms with E-state index in [2.05, 4.69) is 5.32 Å². The molecule has 0 saturated heterocycles. The Kier molecular flexibility index (Phi) is 3.98. The minimum absolute atomic E-state index is 0.194. The van der Waals surface area contributed by atoms with E-state index in [0.29, 0.717) is 6.54 Å². The summed E-state index contributed by atoms with van der Waals surface area (Å²) < 4.78 is 5.05. The van der Waals surface area contributed by atoms with Gasteiger partial charge in [-0.3, -0.25) is 0 Å². The molecule has 1 amide bonds. The highest BCUT2D eigenvalue weighted by atomic mass is 16.5. The topological polar surface area (TPSA) is 58.6 Å². The lowest BCUT2D eigenvalue weighted by atomic mass is 9.82. The number of nitrogens with one attached hydrogen (secondary N) is 1. The van der Waals surface area contributed by atoms with Gasteiger partial charge in [-0.25, -0.2) is 4.79 Å². The molecule has 1 aliphatic rings. The number of amides is 1. The molecule has 92 valence electrons. The number of alkyl carbamates (subject to hydrolysis) is 1. The third-order valence-corrected chi connectivity index (χ3v) is 3.10. The van der Waals surface area contributed by atoms with E-state index in [4.69, 9.17) is 4.74 Å². The van der Waals surface area contributed by atoms with Crippen LogP contribution in [0.5, 0.6) is 0 Å². The lowest BCUT2D eigenvalue weighted by molar-refractivity contribution is 0.0239. The molecule has 4 nitrogen and oxygen atoms in total. The summed E-state index contributed by atoms with van der Waals surface area (Å²) in [7, 11) is 0. The van der Waals surface area contributed by atoms with Crippen LogP contribution in [-0.2, 0) is 11.3 Å². The van der Waals surface area contributed by atoms with Crippen molar-refractivity contribution in [3.63, 3.8) is 0 Å². The van der Waals surface area contributed by atoms with Crippen LogP contribution < -0.4 is 5.32 Å². The summed E-state index contributed by atoms with van der Waals surface area (Å²) >= 11 is 0. The van der Waals surface area contributed by atoms with Crippen LogP contribution in [0.3, 0.4) is 0 Å². The summed E-state index contributed by atoms with van der Waals surface area (Å²) in [5, 5.41) is 12.0. The monoisotopic (exact) mass is 235 g/mol. The molecule has 0 aliphatic heterocycles. The van der Waals surface area contributed by atoms with Crippen molar-refractivity contribution < 1.29 is 14.6 Å². The second-order valence-corrected chi connectivity index (χ2v) is 4.35. The van der Waals surface area contributed by atoms with Crippen LogP contribution in [0.1, 0.15) is 18.4 Å². The molecule has 0 aromatic heterocycles. The van der Waals surface area contributed by atoms with Gasteiger partial charge in [0.25, 0.3) is 0 Å². The highest BCUT2D eigenvalue weighted by Gasteiger charge is 2.28. The number of aliphatic hydroxyl groups excluding tert-OH is 1. The fourth-order valence-corrected chi connectivity index (χ4v) is 1.78. The highest BCUT2D eigenvalue weighted by molar-refractivity contribution is 5.67. The van der Waals surface area contributed by atoms with E-state index in [9.17, 15) is 9.90 Å². The van der Waals surface area contributed by atoms with Crippen molar-refractivity contribution in [1.82, 2.24) is 5.32 Å². The number of hydrogen-bond donors (Lipinski definition) is 2. The minimum Gasteiger partial charge on any atom is -0.445 e. The first-order valence-electron chi connectivity index (χ1n) is 5.88. The van der Waals surface area contributed by atoms with Crippen LogP contribution >= 0.6 is 0 Å². The molecule has 0 spiro atoms. The second-order valence-electron chi connectivity index (χ2n) is 4.35. The second kappa shape index (κ2) is 5.68. The zero-order valence-electron chi connectivity index (χ0n) is 9.63. The first-order valence-corrected chi connectivity index (χ1v) is 5.88. The fourth-order valence-electron chi connectivity index (χ4n) is 1.78. The Bertz CT molecular complexity index is 366. The molecule has 2 atom stereocenters. The molecule has 0 unspecified atom stereocenters. The van der Waals surface area contributed by atoms with Crippen LogP contribution in [0.2, 0.25) is 0 Å². The number of carbonyl (C=O) groups excluding carboxylic acids is 1. The van der Waals surface area contributed by atoms with Crippen molar-refractivity contribution in [3.8, 4) is 0 Å². The van der Waals surface area contributed by atoms with Crippen LogP contribution in [0.15, 0.2) is 30.3 Å². The molecule has 4 heteroatoms. The third-order valence-electron chi connectivity index (χ3n) is 3.10. The average molecular weight is 235 g/mol. The molecule has 2 N–H and O–H groups in total. The van der Waals surface area contributed by atoms with E-state index >= 15 is 0 Å². The van der Waals surface area contributed by atoms with Crippen LogP contribution in [-0.4, -0.2) is 23.8 Å². The van der Waals surface area contributed by atoms with Crippen LogP contribution in [0.25, 0.3) is 0 Å². The molecule has 1 aromatic carbocycles. The van der Waals surface area contributed by atoms with Gasteiger partial charge in [0.15, 0.2) is 0 Å². The number of carbonyl (C=O) groups is 1. The zero-order chi connectivity index (χ0) is 12.1. The molecule has 17 heavy (non-hydrogen) atoms. The predicted octanol–water partition coefficient (Wildman–Crippen LogP) is 1.68. The van der Waals surface area contributed by atoms with Crippen molar-refractivity contribution >= 4 is 6.09 Å². The van der Waals surface area contributed by atoms with E-state index < -0.39 is 6.09 Å². The van der Waals surface area contributed by atoms with Gasteiger partial charge in [-0.2, -0.15) is 0 Å². The summed E-state index contributed by atoms with van der Waals surface area (Å²) in [4.78, 5) is 11.4. The molecule has 2 rings (SSSR count). The molecule has 1 aromatic rings. The van der Waals surface area contributed by atoms with Crippen molar-refractivity contribution in [2.45, 2.75) is 25.6 Å². The lowest BCUT2D eigenvalue weighted by Gasteiger charge is -2.32. The Labute approximate surface area is 101 Å². The van der Waals surface area contributed by atoms with Gasteiger partial charge < -0.3 is 15.2 Å². The fraction of sp³-hybridized carbons (Fsp3) is 0.462. The molecular formula is C13H17NO3. The van der Waals surface area contributed by atoms with E-state index in [-0.39, 0.29) is 18.6 Å². The Morgan fingerprint density at radius 2 is 2.12 bits per heavy atom. The van der Waals surface area contributed by atoms with Gasteiger partial charge in [-0.1, -0.05) is 30.3 Å². The number of hydrogen-bond acceptors (Lipinski definition) is 3. The number of rotatable bonds is 4. The maximum Gasteiger partial charge on any atom is 0.407 e. The Balaban J connectivity index is 1.64. The summed E-state index contributed by atoms with van der Waals surface area (Å²) in [6.07, 6.45) is 1.13. The molecule has 0 heterocycles. The highest BCUT2D eigenvalue weighted by Crippen LogP contribution is 2.26. The van der Waals surface area contributed by atoms with Gasteiger partial charge in [0.2, 0.25) is 0 Å². The smallest absolute Gasteiger partial charge is 0.407 e. The van der Waals surface area contributed by atoms with E-state index in [1.54, 1.807) is 0 Å². The summed E-state index contributed by atoms with van der Waals surface area (Å²) in [5.74, 6) is 0.194. The molecule has 0 radical (unpaired) electrons. The SMILES string of the molecule is O=C(NC[C@H]1CC[C@H]1O)OCc1ccccc1. The summed E-state index contributed by atoms with van der Waals surface area (Å²) in [6.45, 7) is 0.773. The normalized spacial score (nSPS) is 22.6. The summed E-state index contributed by atoms with van der Waals surface area (Å²) in [6, 6.07) is 9.54. The average Bonchev–Trinajstić information content (AvgIpc) is 2.36. The first-order chi connectivity index (χ1) is 8.25. The quantitative estimate of drug-likeness (QED) is 0.834. The summed E-state index contributed by atoms with van der Waals surface area (Å²) in [5.41, 5.74) is 0.964. The van der Waals surface area contributed by atoms with Crippen LogP contribution in [0.4, 0.5) is 4.79 Å². The number of benzene rings is 1. The number of ether oxygens (including phenoxy) is 1. The van der Waals surface area contributed by atoms with Crippen molar-refractivity contribution in [3.05, 3.63) is 35.9 Å².